The lowest BCUT2D eigenvalue weighted by molar-refractivity contribution is -0.124. The molecule has 0 unspecified atom stereocenters. The fraction of sp³-hybridized carbons (Fsp3) is 0.944. The summed E-state index contributed by atoms with van der Waals surface area (Å²) in [5.41, 5.74) is 0.165. The molecule has 1 saturated heterocycles. The second kappa shape index (κ2) is 6.69. The zero-order valence-corrected chi connectivity index (χ0v) is 15.0. The first kappa shape index (κ1) is 17.2. The molecule has 3 fully saturated rings. The summed E-state index contributed by atoms with van der Waals surface area (Å²) in [4.78, 5) is 14.8. The Kier molecular flexibility index (Phi) is 5.00. The van der Waals surface area contributed by atoms with Crippen LogP contribution in [0.2, 0.25) is 0 Å². The van der Waals surface area contributed by atoms with Crippen molar-refractivity contribution in [2.45, 2.75) is 45.6 Å². The number of rotatable bonds is 6. The molecule has 5 heteroatoms. The van der Waals surface area contributed by atoms with Crippen LogP contribution in [-0.2, 0) is 9.53 Å². The fourth-order valence-electron chi connectivity index (χ4n) is 4.97. The molecular weight excluding hydrogens is 290 g/mol. The molecule has 3 atom stereocenters. The van der Waals surface area contributed by atoms with E-state index < -0.39 is 0 Å². The molecule has 5 nitrogen and oxygen atoms in total. The van der Waals surface area contributed by atoms with E-state index in [0.717, 1.165) is 45.3 Å². The third kappa shape index (κ3) is 3.28. The van der Waals surface area contributed by atoms with E-state index in [-0.39, 0.29) is 16.9 Å². The molecule has 2 aliphatic carbocycles. The fourth-order valence-corrected chi connectivity index (χ4v) is 4.97. The summed E-state index contributed by atoms with van der Waals surface area (Å²) in [6.45, 7) is 12.9. The van der Waals surface area contributed by atoms with Gasteiger partial charge in [0.05, 0.1) is 19.8 Å². The molecule has 132 valence electrons. The predicted molar refractivity (Wildman–Crippen MR) is 91.3 cm³/mol. The smallest absolute Gasteiger partial charge is 0.234 e. The normalized spacial score (nSPS) is 36.3. The van der Waals surface area contributed by atoms with Crippen LogP contribution >= 0.6 is 0 Å². The summed E-state index contributed by atoms with van der Waals surface area (Å²) in [5.74, 6) is 1.57. The van der Waals surface area contributed by atoms with Gasteiger partial charge in [-0.1, -0.05) is 13.8 Å². The lowest BCUT2D eigenvalue weighted by Crippen LogP contribution is -2.60. The Bertz CT molecular complexity index is 434. The van der Waals surface area contributed by atoms with Gasteiger partial charge >= 0.3 is 0 Å². The van der Waals surface area contributed by atoms with Crippen molar-refractivity contribution in [1.82, 2.24) is 15.5 Å². The number of nitrogens with one attached hydrogen (secondary N) is 2. The summed E-state index contributed by atoms with van der Waals surface area (Å²) in [5, 5.41) is 6.68. The van der Waals surface area contributed by atoms with E-state index in [9.17, 15) is 4.79 Å². The molecule has 2 bridgehead atoms. The molecule has 0 aromatic carbocycles. The highest BCUT2D eigenvalue weighted by molar-refractivity contribution is 5.79. The number of fused-ring (bicyclic) bond motifs is 2. The topological polar surface area (TPSA) is 53.6 Å². The number of hydrogen-bond acceptors (Lipinski definition) is 4. The summed E-state index contributed by atoms with van der Waals surface area (Å²) in [6, 6.07) is 0. The van der Waals surface area contributed by atoms with Crippen molar-refractivity contribution in [2.75, 3.05) is 45.9 Å². The van der Waals surface area contributed by atoms with Crippen molar-refractivity contribution in [1.29, 1.82) is 0 Å². The number of ether oxygens (including phenoxy) is 1. The first-order valence-electron chi connectivity index (χ1n) is 9.25. The summed E-state index contributed by atoms with van der Waals surface area (Å²) < 4.78 is 5.35. The van der Waals surface area contributed by atoms with Gasteiger partial charge in [-0.25, -0.2) is 0 Å². The minimum absolute atomic E-state index is 0.0428. The van der Waals surface area contributed by atoms with Crippen LogP contribution in [0.15, 0.2) is 0 Å². The second-order valence-corrected chi connectivity index (χ2v) is 8.31. The third-order valence-corrected chi connectivity index (χ3v) is 7.00. The van der Waals surface area contributed by atoms with Crippen LogP contribution in [0, 0.1) is 17.3 Å². The lowest BCUT2D eigenvalue weighted by atomic mass is 9.64. The van der Waals surface area contributed by atoms with Crippen LogP contribution in [-0.4, -0.2) is 62.3 Å². The molecule has 2 N–H and O–H groups in total. The number of morpholine rings is 1. The minimum atomic E-state index is -0.0428. The monoisotopic (exact) mass is 323 g/mol. The molecule has 2 saturated carbocycles. The van der Waals surface area contributed by atoms with Crippen LogP contribution in [0.4, 0.5) is 0 Å². The number of nitrogens with zero attached hydrogens (tertiary/aromatic N) is 1. The zero-order valence-electron chi connectivity index (χ0n) is 15.0. The van der Waals surface area contributed by atoms with Crippen molar-refractivity contribution < 1.29 is 9.53 Å². The molecular formula is C18H33N3O2. The highest BCUT2D eigenvalue weighted by atomic mass is 16.5. The Morgan fingerprint density at radius 2 is 1.87 bits per heavy atom. The number of hydrogen-bond donors (Lipinski definition) is 2. The highest BCUT2D eigenvalue weighted by Crippen LogP contribution is 2.61. The van der Waals surface area contributed by atoms with E-state index in [2.05, 4.69) is 36.3 Å². The van der Waals surface area contributed by atoms with Gasteiger partial charge in [0.15, 0.2) is 0 Å². The Morgan fingerprint density at radius 1 is 1.17 bits per heavy atom. The zero-order chi connectivity index (χ0) is 16.5. The maximum atomic E-state index is 12.4. The van der Waals surface area contributed by atoms with Crippen molar-refractivity contribution >= 4 is 5.91 Å². The Hall–Kier alpha value is -0.650. The number of carbonyl (C=O) groups excluding carboxylic acids is 1. The SMILES string of the molecule is CC1(C)[C@H]2CC[C@@H](C2)[C@@]1(C)NC(=O)CNCCN1CCOCC1. The molecule has 0 radical (unpaired) electrons. The average Bonchev–Trinajstić information content (AvgIpc) is 3.08. The van der Waals surface area contributed by atoms with Crippen LogP contribution in [0.25, 0.3) is 0 Å². The molecule has 1 heterocycles. The minimum Gasteiger partial charge on any atom is -0.379 e. The second-order valence-electron chi connectivity index (χ2n) is 8.31. The van der Waals surface area contributed by atoms with Gasteiger partial charge in [-0.3, -0.25) is 9.69 Å². The van der Waals surface area contributed by atoms with Crippen molar-refractivity contribution in [3.8, 4) is 0 Å². The molecule has 3 rings (SSSR count). The van der Waals surface area contributed by atoms with Gasteiger partial charge < -0.3 is 15.4 Å². The van der Waals surface area contributed by atoms with E-state index in [1.165, 1.54) is 19.3 Å². The van der Waals surface area contributed by atoms with E-state index >= 15 is 0 Å². The molecule has 0 aromatic rings. The summed E-state index contributed by atoms with van der Waals surface area (Å²) >= 11 is 0. The number of carbonyl (C=O) groups is 1. The Balaban J connectivity index is 1.41. The van der Waals surface area contributed by atoms with E-state index in [1.54, 1.807) is 0 Å². The molecule has 23 heavy (non-hydrogen) atoms. The summed E-state index contributed by atoms with van der Waals surface area (Å²) in [7, 11) is 0. The Labute approximate surface area is 140 Å². The standard InChI is InChI=1S/C18H33N3O2/c1-17(2)14-4-5-15(12-14)18(17,3)20-16(22)13-19-6-7-21-8-10-23-11-9-21/h14-15,19H,4-13H2,1-3H3,(H,20,22)/t14-,15-,18+/m0/s1. The van der Waals surface area contributed by atoms with Gasteiger partial charge in [-0.05, 0) is 43.4 Å². The third-order valence-electron chi connectivity index (χ3n) is 7.00. The van der Waals surface area contributed by atoms with Gasteiger partial charge in [-0.15, -0.1) is 0 Å². The molecule has 1 amide bonds. The lowest BCUT2D eigenvalue weighted by Gasteiger charge is -2.48. The first-order valence-corrected chi connectivity index (χ1v) is 9.25. The quantitative estimate of drug-likeness (QED) is 0.722. The van der Waals surface area contributed by atoms with Crippen LogP contribution in [0.1, 0.15) is 40.0 Å². The van der Waals surface area contributed by atoms with Crippen molar-refractivity contribution in [2.24, 2.45) is 17.3 Å². The predicted octanol–water partition coefficient (Wildman–Crippen LogP) is 1.24. The Morgan fingerprint density at radius 3 is 2.52 bits per heavy atom. The maximum Gasteiger partial charge on any atom is 0.234 e. The van der Waals surface area contributed by atoms with Gasteiger partial charge in [0.25, 0.3) is 0 Å². The average molecular weight is 323 g/mol. The van der Waals surface area contributed by atoms with Gasteiger partial charge in [0.2, 0.25) is 5.91 Å². The molecule has 0 spiro atoms. The summed E-state index contributed by atoms with van der Waals surface area (Å²) in [6.07, 6.45) is 3.89. The van der Waals surface area contributed by atoms with Gasteiger partial charge in [0, 0.05) is 31.7 Å². The first-order chi connectivity index (χ1) is 10.9. The van der Waals surface area contributed by atoms with Crippen LogP contribution < -0.4 is 10.6 Å². The van der Waals surface area contributed by atoms with Crippen LogP contribution in [0.3, 0.4) is 0 Å². The van der Waals surface area contributed by atoms with E-state index in [1.807, 2.05) is 0 Å². The molecule has 3 aliphatic rings. The van der Waals surface area contributed by atoms with Crippen molar-refractivity contribution in [3.05, 3.63) is 0 Å². The largest absolute Gasteiger partial charge is 0.379 e. The number of amides is 1. The van der Waals surface area contributed by atoms with Crippen molar-refractivity contribution in [3.63, 3.8) is 0 Å². The maximum absolute atomic E-state index is 12.4. The van der Waals surface area contributed by atoms with Crippen LogP contribution in [0.5, 0.6) is 0 Å². The molecule has 1 aliphatic heterocycles. The van der Waals surface area contributed by atoms with Gasteiger partial charge in [-0.2, -0.15) is 0 Å². The van der Waals surface area contributed by atoms with E-state index in [4.69, 9.17) is 4.74 Å². The van der Waals surface area contributed by atoms with Gasteiger partial charge in [0.1, 0.15) is 0 Å². The molecule has 0 aromatic heterocycles. The highest BCUT2D eigenvalue weighted by Gasteiger charge is 2.60. The van der Waals surface area contributed by atoms with E-state index in [0.29, 0.717) is 12.5 Å².